The molecule has 0 N–H and O–H groups in total. The molecule has 0 bridgehead atoms. The van der Waals surface area contributed by atoms with Crippen molar-refractivity contribution in [1.82, 2.24) is 19.0 Å². The second-order valence-corrected chi connectivity index (χ2v) is 7.17. The van der Waals surface area contributed by atoms with Gasteiger partial charge in [-0.05, 0) is 31.4 Å². The average Bonchev–Trinajstić information content (AvgIpc) is 3.31. The first-order valence-electron chi connectivity index (χ1n) is 8.13. The molecule has 0 aromatic carbocycles. The van der Waals surface area contributed by atoms with E-state index >= 15 is 0 Å². The number of thiophene rings is 1. The van der Waals surface area contributed by atoms with Crippen LogP contribution in [0.3, 0.4) is 0 Å². The molecule has 0 spiro atoms. The Morgan fingerprint density at radius 1 is 1.38 bits per heavy atom. The van der Waals surface area contributed by atoms with Gasteiger partial charge in [0.15, 0.2) is 0 Å². The second-order valence-electron chi connectivity index (χ2n) is 6.14. The molecule has 3 aromatic rings. The Labute approximate surface area is 154 Å². The van der Waals surface area contributed by atoms with E-state index in [4.69, 9.17) is 0 Å². The highest BCUT2D eigenvalue weighted by atomic mass is 32.1. The van der Waals surface area contributed by atoms with Gasteiger partial charge >= 0.3 is 6.55 Å². The summed E-state index contributed by atoms with van der Waals surface area (Å²) in [6, 6.07) is 5.90. The molecule has 5 nitrogen and oxygen atoms in total. The molecule has 0 saturated carbocycles. The summed E-state index contributed by atoms with van der Waals surface area (Å²) in [6.45, 7) is 1.92. The lowest BCUT2D eigenvalue weighted by Gasteiger charge is -2.18. The Balaban J connectivity index is 1.80. The molecule has 26 heavy (non-hydrogen) atoms. The molecule has 0 aliphatic rings. The number of carbonyl (C=O) groups excluding carboxylic acids is 1. The van der Waals surface area contributed by atoms with E-state index in [1.807, 2.05) is 31.4 Å². The maximum absolute atomic E-state index is 13.0. The largest absolute Gasteiger partial charge is 0.343 e. The number of carbonyl (C=O) groups is 1. The third kappa shape index (κ3) is 3.55. The van der Waals surface area contributed by atoms with E-state index in [0.29, 0.717) is 12.1 Å². The molecule has 0 fully saturated rings. The summed E-state index contributed by atoms with van der Waals surface area (Å²) >= 11 is 1.67. The third-order valence-electron chi connectivity index (χ3n) is 4.38. The Kier molecular flexibility index (Phi) is 5.22. The van der Waals surface area contributed by atoms with Crippen LogP contribution in [0.25, 0.3) is 0 Å². The van der Waals surface area contributed by atoms with Gasteiger partial charge in [-0.2, -0.15) is 8.78 Å². The summed E-state index contributed by atoms with van der Waals surface area (Å²) in [5.41, 5.74) is 2.43. The Bertz CT molecular complexity index is 899. The highest BCUT2D eigenvalue weighted by Crippen LogP contribution is 2.21. The number of aromatic nitrogens is 3. The van der Waals surface area contributed by atoms with Crippen LogP contribution >= 0.6 is 11.3 Å². The van der Waals surface area contributed by atoms with E-state index < -0.39 is 6.55 Å². The predicted octanol–water partition coefficient (Wildman–Crippen LogP) is 4.08. The Morgan fingerprint density at radius 3 is 2.81 bits per heavy atom. The van der Waals surface area contributed by atoms with Crippen LogP contribution in [0, 0.1) is 13.8 Å². The first kappa shape index (κ1) is 18.3. The first-order chi connectivity index (χ1) is 12.4. The van der Waals surface area contributed by atoms with Gasteiger partial charge in [0.2, 0.25) is 0 Å². The minimum absolute atomic E-state index is 0.0186. The molecule has 3 aromatic heterocycles. The van der Waals surface area contributed by atoms with Gasteiger partial charge in [-0.1, -0.05) is 6.07 Å². The van der Waals surface area contributed by atoms with Crippen molar-refractivity contribution >= 4 is 17.2 Å². The zero-order chi connectivity index (χ0) is 18.8. The van der Waals surface area contributed by atoms with Gasteiger partial charge in [0.05, 0.1) is 18.7 Å². The number of nitrogens with zero attached hydrogens (tertiary/aromatic N) is 4. The number of aryl methyl sites for hydroxylation is 1. The van der Waals surface area contributed by atoms with Crippen LogP contribution < -0.4 is 0 Å². The van der Waals surface area contributed by atoms with Crippen LogP contribution in [0.15, 0.2) is 36.0 Å². The van der Waals surface area contributed by atoms with E-state index in [1.54, 1.807) is 18.4 Å². The van der Waals surface area contributed by atoms with E-state index in [-0.39, 0.29) is 18.3 Å². The Morgan fingerprint density at radius 2 is 2.15 bits per heavy atom. The van der Waals surface area contributed by atoms with Gasteiger partial charge in [0.1, 0.15) is 5.82 Å². The van der Waals surface area contributed by atoms with Crippen molar-refractivity contribution in [1.29, 1.82) is 0 Å². The number of halogens is 2. The van der Waals surface area contributed by atoms with Crippen LogP contribution in [0.1, 0.15) is 39.0 Å². The van der Waals surface area contributed by atoms with Crippen LogP contribution in [0.4, 0.5) is 8.78 Å². The quantitative estimate of drug-likeness (QED) is 0.649. The van der Waals surface area contributed by atoms with Gasteiger partial charge in [0.25, 0.3) is 5.91 Å². The minimum atomic E-state index is -2.67. The van der Waals surface area contributed by atoms with Gasteiger partial charge in [0, 0.05) is 35.7 Å². The summed E-state index contributed by atoms with van der Waals surface area (Å²) in [5, 5.41) is 2.02. The van der Waals surface area contributed by atoms with E-state index in [1.165, 1.54) is 22.2 Å². The fraction of sp³-hybridized carbons (Fsp3) is 0.333. The second kappa shape index (κ2) is 7.41. The molecular formula is C18H20F2N4OS. The summed E-state index contributed by atoms with van der Waals surface area (Å²) in [4.78, 5) is 19.4. The number of alkyl halides is 2. The maximum atomic E-state index is 13.0. The highest BCUT2D eigenvalue weighted by Gasteiger charge is 2.21. The lowest BCUT2D eigenvalue weighted by molar-refractivity contribution is 0.0612. The topological polar surface area (TPSA) is 43.1 Å². The number of hydrogen-bond donors (Lipinski definition) is 0. The van der Waals surface area contributed by atoms with Crippen molar-refractivity contribution < 1.29 is 13.6 Å². The molecule has 3 rings (SSSR count). The van der Waals surface area contributed by atoms with E-state index in [0.717, 1.165) is 16.0 Å². The molecule has 0 radical (unpaired) electrons. The monoisotopic (exact) mass is 378 g/mol. The van der Waals surface area contributed by atoms with Crippen LogP contribution in [0.5, 0.6) is 0 Å². The molecule has 1 amide bonds. The zero-order valence-electron chi connectivity index (χ0n) is 14.8. The maximum Gasteiger partial charge on any atom is 0.319 e. The van der Waals surface area contributed by atoms with Crippen molar-refractivity contribution in [3.63, 3.8) is 0 Å². The minimum Gasteiger partial charge on any atom is -0.343 e. The summed E-state index contributed by atoms with van der Waals surface area (Å²) in [6.07, 6.45) is 2.53. The fourth-order valence-electron chi connectivity index (χ4n) is 2.95. The van der Waals surface area contributed by atoms with E-state index in [2.05, 4.69) is 15.6 Å². The molecule has 138 valence electrons. The molecule has 0 aliphatic carbocycles. The van der Waals surface area contributed by atoms with Crippen molar-refractivity contribution in [2.75, 3.05) is 7.05 Å². The number of amides is 1. The summed E-state index contributed by atoms with van der Waals surface area (Å²) in [5.74, 6) is -0.0532. The fourth-order valence-corrected chi connectivity index (χ4v) is 3.65. The summed E-state index contributed by atoms with van der Waals surface area (Å²) in [7, 11) is 1.60. The molecule has 0 atom stereocenters. The van der Waals surface area contributed by atoms with Gasteiger partial charge in [-0.25, -0.2) is 4.98 Å². The average molecular weight is 378 g/mol. The van der Waals surface area contributed by atoms with Gasteiger partial charge in [-0.3, -0.25) is 9.36 Å². The molecule has 0 aliphatic heterocycles. The van der Waals surface area contributed by atoms with Gasteiger partial charge in [-0.15, -0.1) is 11.3 Å². The number of rotatable bonds is 6. The molecule has 3 heterocycles. The lowest BCUT2D eigenvalue weighted by atomic mass is 10.2. The van der Waals surface area contributed by atoms with Crippen LogP contribution in [-0.4, -0.2) is 32.0 Å². The standard InChI is InChI=1S/C18H20F2N4OS/c1-12-9-15(13(2)24(12)10-14-5-4-8-26-14)17(25)22(3)11-16-21-6-7-23(16)18(19)20/h4-9,18H,10-11H2,1-3H3. The predicted molar refractivity (Wildman–Crippen MR) is 96.6 cm³/mol. The molecule has 0 saturated heterocycles. The van der Waals surface area contributed by atoms with Crippen LogP contribution in [0.2, 0.25) is 0 Å². The first-order valence-corrected chi connectivity index (χ1v) is 9.01. The lowest BCUT2D eigenvalue weighted by Crippen LogP contribution is -2.28. The Hall–Kier alpha value is -2.48. The summed E-state index contributed by atoms with van der Waals surface area (Å²) < 4.78 is 28.8. The highest BCUT2D eigenvalue weighted by molar-refractivity contribution is 7.09. The molecule has 8 heteroatoms. The molecule has 0 unspecified atom stereocenters. The van der Waals surface area contributed by atoms with E-state index in [9.17, 15) is 13.6 Å². The number of hydrogen-bond acceptors (Lipinski definition) is 3. The number of imidazole rings is 1. The van der Waals surface area contributed by atoms with Crippen LogP contribution in [-0.2, 0) is 13.1 Å². The van der Waals surface area contributed by atoms with Crippen molar-refractivity contribution in [2.45, 2.75) is 33.5 Å². The van der Waals surface area contributed by atoms with Gasteiger partial charge < -0.3 is 9.47 Å². The normalized spacial score (nSPS) is 11.3. The van der Waals surface area contributed by atoms with Crippen molar-refractivity contribution in [3.05, 3.63) is 63.6 Å². The van der Waals surface area contributed by atoms with Crippen molar-refractivity contribution in [2.24, 2.45) is 0 Å². The third-order valence-corrected chi connectivity index (χ3v) is 5.24. The SMILES string of the molecule is Cc1cc(C(=O)N(C)Cc2nccn2C(F)F)c(C)n1Cc1cccs1. The smallest absolute Gasteiger partial charge is 0.319 e. The van der Waals surface area contributed by atoms with Crippen molar-refractivity contribution in [3.8, 4) is 0 Å². The molecular weight excluding hydrogens is 358 g/mol. The zero-order valence-corrected chi connectivity index (χ0v) is 15.6.